The van der Waals surface area contributed by atoms with Crippen molar-refractivity contribution in [1.82, 2.24) is 19.7 Å². The summed E-state index contributed by atoms with van der Waals surface area (Å²) in [6.45, 7) is 2.91. The molecule has 32 heavy (non-hydrogen) atoms. The predicted octanol–water partition coefficient (Wildman–Crippen LogP) is 4.07. The Morgan fingerprint density at radius 3 is 2.47 bits per heavy atom. The highest BCUT2D eigenvalue weighted by molar-refractivity contribution is 5.92. The Bertz CT molecular complexity index is 925. The van der Waals surface area contributed by atoms with E-state index < -0.39 is 0 Å². The van der Waals surface area contributed by atoms with Gasteiger partial charge in [-0.05, 0) is 44.2 Å². The zero-order chi connectivity index (χ0) is 22.8. The largest absolute Gasteiger partial charge is 0.374 e. The fourth-order valence-electron chi connectivity index (χ4n) is 3.72. The zero-order valence-electron chi connectivity index (χ0n) is 19.0. The molecule has 1 aromatic carbocycles. The highest BCUT2D eigenvalue weighted by atomic mass is 16.3. The molecule has 4 heterocycles. The third-order valence-corrected chi connectivity index (χ3v) is 5.48. The number of ketones is 1. The monoisotopic (exact) mass is 435 g/mol. The van der Waals surface area contributed by atoms with Crippen LogP contribution < -0.4 is 4.90 Å². The van der Waals surface area contributed by atoms with Gasteiger partial charge >= 0.3 is 0 Å². The SMILES string of the molecule is CCCC(=O)c1nc2n(n1)CCC2.CN1c2cccnc2CCCC1O.c1ccccc1. The molecule has 0 radical (unpaired) electrons. The third kappa shape index (κ3) is 6.47. The van der Waals surface area contributed by atoms with E-state index in [1.807, 2.05) is 78.3 Å². The van der Waals surface area contributed by atoms with Crippen molar-refractivity contribution in [2.45, 2.75) is 64.6 Å². The second-order valence-corrected chi connectivity index (χ2v) is 7.96. The van der Waals surface area contributed by atoms with Crippen LogP contribution in [-0.4, -0.2) is 43.9 Å². The van der Waals surface area contributed by atoms with Crippen LogP contribution in [0.2, 0.25) is 0 Å². The first-order valence-corrected chi connectivity index (χ1v) is 11.4. The Labute approximate surface area is 190 Å². The van der Waals surface area contributed by atoms with E-state index in [1.54, 1.807) is 0 Å². The first-order valence-electron chi connectivity index (χ1n) is 11.4. The molecule has 0 saturated carbocycles. The number of aryl methyl sites for hydroxylation is 3. The summed E-state index contributed by atoms with van der Waals surface area (Å²) in [6, 6.07) is 15.9. The van der Waals surface area contributed by atoms with Crippen LogP contribution in [0.1, 0.15) is 61.2 Å². The average molecular weight is 436 g/mol. The van der Waals surface area contributed by atoms with E-state index in [1.165, 1.54) is 0 Å². The quantitative estimate of drug-likeness (QED) is 0.625. The number of anilines is 1. The topological polar surface area (TPSA) is 84.1 Å². The van der Waals surface area contributed by atoms with Crippen LogP contribution >= 0.6 is 0 Å². The molecule has 0 aliphatic carbocycles. The highest BCUT2D eigenvalue weighted by Crippen LogP contribution is 2.25. The number of aliphatic hydroxyl groups is 1. The molecule has 2 aromatic heterocycles. The standard InChI is InChI=1S/C10H14N2O.C9H13N3O.C6H6/c1-12-9-5-3-7-11-8(9)4-2-6-10(12)13;1-2-4-7(13)9-10-8-5-3-6-12(8)11-9;1-2-4-6-5-3-1/h3,5,7,10,13H,2,4,6H2,1H3;2-6H2,1H3;1-6H. The second-order valence-electron chi connectivity index (χ2n) is 7.96. The van der Waals surface area contributed by atoms with Crippen molar-refractivity contribution in [2.24, 2.45) is 0 Å². The summed E-state index contributed by atoms with van der Waals surface area (Å²) in [5.41, 5.74) is 2.16. The van der Waals surface area contributed by atoms with E-state index in [0.717, 1.165) is 62.3 Å². The summed E-state index contributed by atoms with van der Waals surface area (Å²) in [7, 11) is 1.91. The van der Waals surface area contributed by atoms with E-state index in [0.29, 0.717) is 12.2 Å². The Morgan fingerprint density at radius 2 is 1.81 bits per heavy atom. The van der Waals surface area contributed by atoms with Gasteiger partial charge in [0.15, 0.2) is 0 Å². The third-order valence-electron chi connectivity index (χ3n) is 5.48. The molecule has 0 saturated heterocycles. The van der Waals surface area contributed by atoms with Crippen LogP contribution in [0.4, 0.5) is 5.69 Å². The fraction of sp³-hybridized carbons (Fsp3) is 0.440. The Balaban J connectivity index is 0.000000145. The van der Waals surface area contributed by atoms with Gasteiger partial charge in [-0.1, -0.05) is 43.3 Å². The number of hydrogen-bond acceptors (Lipinski definition) is 6. The van der Waals surface area contributed by atoms with Gasteiger partial charge in [-0.3, -0.25) is 9.78 Å². The summed E-state index contributed by atoms with van der Waals surface area (Å²) in [4.78, 5) is 21.8. The van der Waals surface area contributed by atoms with Gasteiger partial charge in [0.25, 0.3) is 0 Å². The van der Waals surface area contributed by atoms with E-state index in [-0.39, 0.29) is 12.0 Å². The number of aliphatic hydroxyl groups excluding tert-OH is 1. The number of hydrogen-bond donors (Lipinski definition) is 1. The van der Waals surface area contributed by atoms with Crippen molar-refractivity contribution in [3.63, 3.8) is 0 Å². The van der Waals surface area contributed by atoms with Gasteiger partial charge in [-0.25, -0.2) is 9.67 Å². The number of rotatable bonds is 3. The molecule has 0 fully saturated rings. The maximum atomic E-state index is 11.4. The van der Waals surface area contributed by atoms with E-state index in [4.69, 9.17) is 0 Å². The van der Waals surface area contributed by atoms with Crippen molar-refractivity contribution < 1.29 is 9.90 Å². The van der Waals surface area contributed by atoms with Gasteiger partial charge in [-0.2, -0.15) is 0 Å². The van der Waals surface area contributed by atoms with Crippen LogP contribution in [0.3, 0.4) is 0 Å². The van der Waals surface area contributed by atoms with Crippen molar-refractivity contribution >= 4 is 11.5 Å². The molecule has 1 unspecified atom stereocenters. The van der Waals surface area contributed by atoms with E-state index in [9.17, 15) is 9.90 Å². The zero-order valence-corrected chi connectivity index (χ0v) is 19.0. The Kier molecular flexibility index (Phi) is 8.92. The van der Waals surface area contributed by atoms with Crippen LogP contribution in [0.25, 0.3) is 0 Å². The maximum Gasteiger partial charge on any atom is 0.217 e. The number of nitrogens with zero attached hydrogens (tertiary/aromatic N) is 5. The Morgan fingerprint density at radius 1 is 1.09 bits per heavy atom. The van der Waals surface area contributed by atoms with Crippen molar-refractivity contribution in [3.05, 3.63) is 72.1 Å². The van der Waals surface area contributed by atoms with Crippen LogP contribution in [-0.2, 0) is 19.4 Å². The average Bonchev–Trinajstić information content (AvgIpc) is 3.40. The van der Waals surface area contributed by atoms with Crippen molar-refractivity contribution in [3.8, 4) is 0 Å². The first kappa shape index (κ1) is 23.6. The summed E-state index contributed by atoms with van der Waals surface area (Å²) in [5.74, 6) is 1.46. The fourth-order valence-corrected chi connectivity index (χ4v) is 3.72. The van der Waals surface area contributed by atoms with Crippen molar-refractivity contribution in [1.29, 1.82) is 0 Å². The van der Waals surface area contributed by atoms with Crippen LogP contribution in [0.5, 0.6) is 0 Å². The number of fused-ring (bicyclic) bond motifs is 2. The molecule has 7 heteroatoms. The minimum absolute atomic E-state index is 0.0735. The maximum absolute atomic E-state index is 11.4. The molecule has 170 valence electrons. The smallest absolute Gasteiger partial charge is 0.217 e. The molecular weight excluding hydrogens is 402 g/mol. The number of Topliss-reactive ketones (excluding diaryl/α,β-unsaturated/α-hetero) is 1. The molecule has 3 aromatic rings. The van der Waals surface area contributed by atoms with E-state index >= 15 is 0 Å². The van der Waals surface area contributed by atoms with Gasteiger partial charge in [0.1, 0.15) is 12.1 Å². The minimum atomic E-state index is -0.356. The number of carbonyl (C=O) groups excluding carboxylic acids is 1. The molecule has 0 spiro atoms. The second kappa shape index (κ2) is 12.1. The molecule has 2 aliphatic heterocycles. The lowest BCUT2D eigenvalue weighted by Crippen LogP contribution is -2.30. The van der Waals surface area contributed by atoms with Crippen LogP contribution in [0, 0.1) is 0 Å². The molecule has 0 amide bonds. The molecule has 0 bridgehead atoms. The summed E-state index contributed by atoms with van der Waals surface area (Å²) in [6.07, 6.45) is 7.76. The Hall–Kier alpha value is -3.06. The number of aromatic nitrogens is 4. The summed E-state index contributed by atoms with van der Waals surface area (Å²) >= 11 is 0. The minimum Gasteiger partial charge on any atom is -0.374 e. The molecule has 7 nitrogen and oxygen atoms in total. The molecule has 5 rings (SSSR count). The number of carbonyl (C=O) groups is 1. The van der Waals surface area contributed by atoms with Gasteiger partial charge in [0.2, 0.25) is 11.6 Å². The molecule has 1 N–H and O–H groups in total. The normalized spacial score (nSPS) is 16.5. The number of benzene rings is 1. The molecule has 1 atom stereocenters. The first-order chi connectivity index (χ1) is 15.6. The molecule has 2 aliphatic rings. The lowest BCUT2D eigenvalue weighted by molar-refractivity contribution is 0.0971. The summed E-state index contributed by atoms with van der Waals surface area (Å²) in [5, 5.41) is 13.9. The highest BCUT2D eigenvalue weighted by Gasteiger charge is 2.19. The van der Waals surface area contributed by atoms with Crippen LogP contribution in [0.15, 0.2) is 54.7 Å². The van der Waals surface area contributed by atoms with Gasteiger partial charge in [-0.15, -0.1) is 5.10 Å². The lowest BCUT2D eigenvalue weighted by Gasteiger charge is -2.23. The van der Waals surface area contributed by atoms with Gasteiger partial charge in [0.05, 0.1) is 11.4 Å². The van der Waals surface area contributed by atoms with Gasteiger partial charge < -0.3 is 10.0 Å². The van der Waals surface area contributed by atoms with Gasteiger partial charge in [0, 0.05) is 32.6 Å². The molecular formula is C25H33N5O2. The van der Waals surface area contributed by atoms with E-state index in [2.05, 4.69) is 15.1 Å². The summed E-state index contributed by atoms with van der Waals surface area (Å²) < 4.78 is 1.85. The lowest BCUT2D eigenvalue weighted by atomic mass is 10.2. The van der Waals surface area contributed by atoms with Crippen molar-refractivity contribution in [2.75, 3.05) is 11.9 Å². The predicted molar refractivity (Wildman–Crippen MR) is 126 cm³/mol. The number of pyridine rings is 1.